The molecule has 0 aliphatic carbocycles. The maximum atomic E-state index is 6.16. The number of rotatable bonds is 3. The Balaban J connectivity index is 1.75. The Morgan fingerprint density at radius 2 is 2.15 bits per heavy atom. The molecule has 2 atom stereocenters. The number of likely N-dealkylation sites (N-methyl/N-ethyl adjacent to an activating group) is 1. The summed E-state index contributed by atoms with van der Waals surface area (Å²) < 4.78 is 17.7. The summed E-state index contributed by atoms with van der Waals surface area (Å²) in [7, 11) is 2.16. The highest BCUT2D eigenvalue weighted by Gasteiger charge is 2.34. The number of benzene rings is 1. The molecule has 1 saturated heterocycles. The lowest BCUT2D eigenvalue weighted by Crippen LogP contribution is -2.45. The molecule has 110 valence electrons. The molecule has 3 rings (SSSR count). The molecule has 0 spiro atoms. The van der Waals surface area contributed by atoms with Crippen molar-refractivity contribution in [2.75, 3.05) is 20.2 Å². The van der Waals surface area contributed by atoms with E-state index in [-0.39, 0.29) is 12.2 Å². The lowest BCUT2D eigenvalue weighted by atomic mass is 10.1. The second-order valence-corrected chi connectivity index (χ2v) is 5.93. The highest BCUT2D eigenvalue weighted by atomic mass is 16.6. The Morgan fingerprint density at radius 3 is 2.85 bits per heavy atom. The first-order chi connectivity index (χ1) is 9.63. The van der Waals surface area contributed by atoms with Crippen molar-refractivity contribution in [2.45, 2.75) is 44.9 Å². The van der Waals surface area contributed by atoms with Crippen LogP contribution in [-0.4, -0.2) is 43.3 Å². The number of likely N-dealkylation sites (tertiary alicyclic amines) is 1. The van der Waals surface area contributed by atoms with Gasteiger partial charge < -0.3 is 14.2 Å². The van der Waals surface area contributed by atoms with Gasteiger partial charge in [-0.25, -0.2) is 0 Å². The fraction of sp³-hybridized carbons (Fsp3) is 0.625. The van der Waals surface area contributed by atoms with E-state index in [1.807, 2.05) is 32.0 Å². The van der Waals surface area contributed by atoms with Crippen LogP contribution in [-0.2, 0) is 0 Å². The van der Waals surface area contributed by atoms with Gasteiger partial charge in [0.15, 0.2) is 11.5 Å². The van der Waals surface area contributed by atoms with E-state index in [2.05, 4.69) is 11.9 Å². The van der Waals surface area contributed by atoms with E-state index in [4.69, 9.17) is 14.2 Å². The van der Waals surface area contributed by atoms with Crippen LogP contribution in [0.2, 0.25) is 0 Å². The molecule has 4 nitrogen and oxygen atoms in total. The van der Waals surface area contributed by atoms with Gasteiger partial charge in [0.1, 0.15) is 18.5 Å². The molecule has 1 aromatic rings. The molecule has 0 aromatic heterocycles. The Hall–Kier alpha value is -1.42. The van der Waals surface area contributed by atoms with E-state index in [1.165, 1.54) is 12.8 Å². The molecule has 2 aliphatic rings. The summed E-state index contributed by atoms with van der Waals surface area (Å²) in [5.74, 6) is 2.46. The van der Waals surface area contributed by atoms with E-state index in [1.54, 1.807) is 0 Å². The van der Waals surface area contributed by atoms with Crippen LogP contribution in [0.1, 0.15) is 26.7 Å². The Morgan fingerprint density at radius 1 is 1.30 bits per heavy atom. The Kier molecular flexibility index (Phi) is 3.74. The van der Waals surface area contributed by atoms with Crippen molar-refractivity contribution in [1.29, 1.82) is 0 Å². The van der Waals surface area contributed by atoms with Gasteiger partial charge in [-0.2, -0.15) is 0 Å². The number of hydrogen-bond acceptors (Lipinski definition) is 4. The lowest BCUT2D eigenvalue weighted by molar-refractivity contribution is 0.0365. The summed E-state index contributed by atoms with van der Waals surface area (Å²) in [5, 5.41) is 0. The summed E-state index contributed by atoms with van der Waals surface area (Å²) in [6.07, 6.45) is 2.70. The first kappa shape index (κ1) is 13.6. The molecule has 20 heavy (non-hydrogen) atoms. The SMILES string of the molecule is CC(C)Oc1ccc2c(c1)O[C@@H]([C@@H]1CCCN1C)CO2. The third-order valence-electron chi connectivity index (χ3n) is 3.97. The first-order valence-electron chi connectivity index (χ1n) is 7.44. The molecule has 0 unspecified atom stereocenters. The standard InChI is InChI=1S/C16H23NO3/c1-11(2)19-12-6-7-14-15(9-12)20-16(10-18-14)13-5-4-8-17(13)3/h6-7,9,11,13,16H,4-5,8,10H2,1-3H3/t13-,16+/m0/s1. The topological polar surface area (TPSA) is 30.9 Å². The number of fused-ring (bicyclic) bond motifs is 1. The molecule has 1 aromatic carbocycles. The molecule has 0 amide bonds. The van der Waals surface area contributed by atoms with Crippen molar-refractivity contribution >= 4 is 0 Å². The number of ether oxygens (including phenoxy) is 3. The van der Waals surface area contributed by atoms with Crippen LogP contribution in [0, 0.1) is 0 Å². The summed E-state index contributed by atoms with van der Waals surface area (Å²) in [6, 6.07) is 6.26. The first-order valence-corrected chi connectivity index (χ1v) is 7.44. The quantitative estimate of drug-likeness (QED) is 0.850. The van der Waals surface area contributed by atoms with Crippen molar-refractivity contribution in [3.63, 3.8) is 0 Å². The van der Waals surface area contributed by atoms with Crippen LogP contribution >= 0.6 is 0 Å². The molecule has 0 N–H and O–H groups in total. The fourth-order valence-electron chi connectivity index (χ4n) is 3.01. The van der Waals surface area contributed by atoms with E-state index in [0.717, 1.165) is 23.8 Å². The van der Waals surface area contributed by atoms with Crippen molar-refractivity contribution in [3.8, 4) is 17.2 Å². The van der Waals surface area contributed by atoms with Crippen molar-refractivity contribution in [2.24, 2.45) is 0 Å². The van der Waals surface area contributed by atoms with Crippen LogP contribution in [0.15, 0.2) is 18.2 Å². The highest BCUT2D eigenvalue weighted by molar-refractivity contribution is 5.46. The zero-order valence-corrected chi connectivity index (χ0v) is 12.5. The number of nitrogens with zero attached hydrogens (tertiary/aromatic N) is 1. The van der Waals surface area contributed by atoms with Crippen molar-refractivity contribution in [1.82, 2.24) is 4.90 Å². The predicted molar refractivity (Wildman–Crippen MR) is 77.8 cm³/mol. The van der Waals surface area contributed by atoms with Gasteiger partial charge in [0, 0.05) is 12.1 Å². The monoisotopic (exact) mass is 277 g/mol. The van der Waals surface area contributed by atoms with E-state index >= 15 is 0 Å². The predicted octanol–water partition coefficient (Wildman–Crippen LogP) is 2.71. The van der Waals surface area contributed by atoms with Gasteiger partial charge in [-0.1, -0.05) is 0 Å². The third kappa shape index (κ3) is 2.70. The van der Waals surface area contributed by atoms with Crippen LogP contribution < -0.4 is 14.2 Å². The highest BCUT2D eigenvalue weighted by Crippen LogP contribution is 2.37. The second kappa shape index (κ2) is 5.52. The maximum absolute atomic E-state index is 6.16. The van der Waals surface area contributed by atoms with Gasteiger partial charge in [-0.15, -0.1) is 0 Å². The molecule has 0 radical (unpaired) electrons. The van der Waals surface area contributed by atoms with Gasteiger partial charge in [0.25, 0.3) is 0 Å². The average Bonchev–Trinajstić information content (AvgIpc) is 2.83. The van der Waals surface area contributed by atoms with Crippen molar-refractivity contribution < 1.29 is 14.2 Å². The van der Waals surface area contributed by atoms with Crippen LogP contribution in [0.25, 0.3) is 0 Å². The van der Waals surface area contributed by atoms with E-state index < -0.39 is 0 Å². The van der Waals surface area contributed by atoms with Gasteiger partial charge in [0.2, 0.25) is 0 Å². The van der Waals surface area contributed by atoms with Crippen LogP contribution in [0.5, 0.6) is 17.2 Å². The van der Waals surface area contributed by atoms with Gasteiger partial charge in [0.05, 0.1) is 6.10 Å². The van der Waals surface area contributed by atoms with Crippen LogP contribution in [0.3, 0.4) is 0 Å². The van der Waals surface area contributed by atoms with Crippen molar-refractivity contribution in [3.05, 3.63) is 18.2 Å². The zero-order chi connectivity index (χ0) is 14.1. The minimum atomic E-state index is 0.115. The molecular weight excluding hydrogens is 254 g/mol. The smallest absolute Gasteiger partial charge is 0.165 e. The van der Waals surface area contributed by atoms with E-state index in [0.29, 0.717) is 12.6 Å². The summed E-state index contributed by atoms with van der Waals surface area (Å²) in [6.45, 7) is 5.82. The molecule has 0 bridgehead atoms. The normalized spacial score (nSPS) is 26.0. The summed E-state index contributed by atoms with van der Waals surface area (Å²) in [4.78, 5) is 2.37. The Bertz CT molecular complexity index is 475. The minimum absolute atomic E-state index is 0.115. The largest absolute Gasteiger partial charge is 0.491 e. The molecular formula is C16H23NO3. The second-order valence-electron chi connectivity index (χ2n) is 5.93. The van der Waals surface area contributed by atoms with Gasteiger partial charge in [-0.3, -0.25) is 4.90 Å². The van der Waals surface area contributed by atoms with Crippen LogP contribution in [0.4, 0.5) is 0 Å². The molecule has 1 fully saturated rings. The lowest BCUT2D eigenvalue weighted by Gasteiger charge is -2.33. The third-order valence-corrected chi connectivity index (χ3v) is 3.97. The van der Waals surface area contributed by atoms with Gasteiger partial charge >= 0.3 is 0 Å². The molecule has 0 saturated carbocycles. The maximum Gasteiger partial charge on any atom is 0.165 e. The summed E-state index contributed by atoms with van der Waals surface area (Å²) in [5.41, 5.74) is 0. The molecule has 2 heterocycles. The fourth-order valence-corrected chi connectivity index (χ4v) is 3.01. The summed E-state index contributed by atoms with van der Waals surface area (Å²) >= 11 is 0. The average molecular weight is 277 g/mol. The molecule has 2 aliphatic heterocycles. The Labute approximate surface area is 120 Å². The molecule has 4 heteroatoms. The number of hydrogen-bond donors (Lipinski definition) is 0. The van der Waals surface area contributed by atoms with E-state index in [9.17, 15) is 0 Å². The van der Waals surface area contributed by atoms with Gasteiger partial charge in [-0.05, 0) is 52.4 Å². The minimum Gasteiger partial charge on any atom is -0.491 e. The zero-order valence-electron chi connectivity index (χ0n) is 12.5.